The first-order chi connectivity index (χ1) is 10.3. The first-order valence-corrected chi connectivity index (χ1v) is 7.71. The van der Waals surface area contributed by atoms with Gasteiger partial charge in [0.05, 0.1) is 6.42 Å². The van der Waals surface area contributed by atoms with Gasteiger partial charge in [0, 0.05) is 36.8 Å². The number of nitrogens with one attached hydrogen (secondary N) is 1. The van der Waals surface area contributed by atoms with Crippen molar-refractivity contribution in [3.8, 4) is 0 Å². The van der Waals surface area contributed by atoms with Crippen LogP contribution in [0.25, 0.3) is 10.9 Å². The third-order valence-corrected chi connectivity index (χ3v) is 4.43. The number of aliphatic hydroxyl groups is 1. The lowest BCUT2D eigenvalue weighted by atomic mass is 9.94. The van der Waals surface area contributed by atoms with Crippen LogP contribution in [0.3, 0.4) is 0 Å². The van der Waals surface area contributed by atoms with E-state index in [2.05, 4.69) is 11.1 Å². The SMILES string of the molecule is O=C(Cc1c[nH]c2ccccc12)N1CCCC(CCO)C1. The molecule has 3 rings (SSSR count). The van der Waals surface area contributed by atoms with Crippen molar-refractivity contribution in [2.45, 2.75) is 25.7 Å². The number of nitrogens with zero attached hydrogens (tertiary/aromatic N) is 1. The van der Waals surface area contributed by atoms with Crippen molar-refractivity contribution in [3.63, 3.8) is 0 Å². The van der Waals surface area contributed by atoms with E-state index in [0.717, 1.165) is 48.8 Å². The maximum Gasteiger partial charge on any atom is 0.227 e. The fourth-order valence-electron chi connectivity index (χ4n) is 3.26. The van der Waals surface area contributed by atoms with Gasteiger partial charge in [-0.3, -0.25) is 4.79 Å². The van der Waals surface area contributed by atoms with Crippen LogP contribution in [0.4, 0.5) is 0 Å². The van der Waals surface area contributed by atoms with Crippen molar-refractivity contribution in [2.75, 3.05) is 19.7 Å². The molecule has 1 aromatic carbocycles. The van der Waals surface area contributed by atoms with Gasteiger partial charge < -0.3 is 15.0 Å². The summed E-state index contributed by atoms with van der Waals surface area (Å²) >= 11 is 0. The molecule has 0 bridgehead atoms. The Labute approximate surface area is 124 Å². The van der Waals surface area contributed by atoms with Gasteiger partial charge in [0.1, 0.15) is 0 Å². The molecule has 1 atom stereocenters. The summed E-state index contributed by atoms with van der Waals surface area (Å²) in [6, 6.07) is 8.08. The molecule has 1 saturated heterocycles. The number of hydrogen-bond acceptors (Lipinski definition) is 2. The van der Waals surface area contributed by atoms with E-state index in [0.29, 0.717) is 12.3 Å². The molecule has 0 spiro atoms. The van der Waals surface area contributed by atoms with Crippen molar-refractivity contribution in [1.29, 1.82) is 0 Å². The van der Waals surface area contributed by atoms with Crippen molar-refractivity contribution in [2.24, 2.45) is 5.92 Å². The number of likely N-dealkylation sites (tertiary alicyclic amines) is 1. The van der Waals surface area contributed by atoms with E-state index in [1.807, 2.05) is 29.3 Å². The van der Waals surface area contributed by atoms with Gasteiger partial charge in [-0.2, -0.15) is 0 Å². The lowest BCUT2D eigenvalue weighted by molar-refractivity contribution is -0.132. The van der Waals surface area contributed by atoms with Crippen molar-refractivity contribution in [3.05, 3.63) is 36.0 Å². The Morgan fingerprint density at radius 2 is 2.24 bits per heavy atom. The highest BCUT2D eigenvalue weighted by atomic mass is 16.3. The van der Waals surface area contributed by atoms with Gasteiger partial charge >= 0.3 is 0 Å². The van der Waals surface area contributed by atoms with Gasteiger partial charge in [0.25, 0.3) is 0 Å². The molecule has 4 nitrogen and oxygen atoms in total. The smallest absolute Gasteiger partial charge is 0.227 e. The molecule has 1 aliphatic rings. The molecule has 1 aliphatic heterocycles. The first kappa shape index (κ1) is 14.1. The van der Waals surface area contributed by atoms with Crippen molar-refractivity contribution < 1.29 is 9.90 Å². The predicted molar refractivity (Wildman–Crippen MR) is 83.0 cm³/mol. The third-order valence-electron chi connectivity index (χ3n) is 4.43. The number of aliphatic hydroxyl groups excluding tert-OH is 1. The molecule has 1 aromatic heterocycles. The second-order valence-electron chi connectivity index (χ2n) is 5.90. The zero-order valence-electron chi connectivity index (χ0n) is 12.2. The zero-order chi connectivity index (χ0) is 14.7. The van der Waals surface area contributed by atoms with Crippen LogP contribution in [-0.4, -0.2) is 40.6 Å². The number of aromatic amines is 1. The van der Waals surface area contributed by atoms with Crippen molar-refractivity contribution in [1.82, 2.24) is 9.88 Å². The maximum atomic E-state index is 12.5. The molecule has 1 amide bonds. The normalized spacial score (nSPS) is 19.1. The highest BCUT2D eigenvalue weighted by molar-refractivity contribution is 5.88. The molecule has 2 heterocycles. The lowest BCUT2D eigenvalue weighted by Gasteiger charge is -2.32. The van der Waals surface area contributed by atoms with Gasteiger partial charge in [0.2, 0.25) is 5.91 Å². The van der Waals surface area contributed by atoms with E-state index in [1.165, 1.54) is 0 Å². The molecule has 21 heavy (non-hydrogen) atoms. The van der Waals surface area contributed by atoms with Crippen LogP contribution in [0, 0.1) is 5.92 Å². The number of rotatable bonds is 4. The highest BCUT2D eigenvalue weighted by Gasteiger charge is 2.23. The number of hydrogen-bond donors (Lipinski definition) is 2. The summed E-state index contributed by atoms with van der Waals surface area (Å²) in [5.74, 6) is 0.651. The van der Waals surface area contributed by atoms with Crippen LogP contribution in [-0.2, 0) is 11.2 Å². The Hall–Kier alpha value is -1.81. The number of H-pyrrole nitrogens is 1. The largest absolute Gasteiger partial charge is 0.396 e. The average Bonchev–Trinajstić information content (AvgIpc) is 2.91. The monoisotopic (exact) mass is 286 g/mol. The number of para-hydroxylation sites is 1. The fourth-order valence-corrected chi connectivity index (χ4v) is 3.26. The fraction of sp³-hybridized carbons (Fsp3) is 0.471. The molecule has 1 unspecified atom stereocenters. The van der Waals surface area contributed by atoms with E-state index < -0.39 is 0 Å². The molecule has 1 fully saturated rings. The minimum atomic E-state index is 0.197. The number of piperidine rings is 1. The Morgan fingerprint density at radius 3 is 3.10 bits per heavy atom. The Kier molecular flexibility index (Phi) is 4.25. The second-order valence-corrected chi connectivity index (χ2v) is 5.90. The molecular formula is C17H22N2O2. The number of aromatic nitrogens is 1. The molecule has 0 radical (unpaired) electrons. The molecule has 112 valence electrons. The summed E-state index contributed by atoms with van der Waals surface area (Å²) in [5, 5.41) is 10.2. The van der Waals surface area contributed by atoms with Crippen LogP contribution >= 0.6 is 0 Å². The molecule has 0 aliphatic carbocycles. The van der Waals surface area contributed by atoms with Crippen LogP contribution in [0.1, 0.15) is 24.8 Å². The van der Waals surface area contributed by atoms with E-state index in [1.54, 1.807) is 0 Å². The molecule has 0 saturated carbocycles. The molecule has 2 N–H and O–H groups in total. The van der Waals surface area contributed by atoms with Gasteiger partial charge in [-0.05, 0) is 36.8 Å². The number of carbonyl (C=O) groups excluding carboxylic acids is 1. The summed E-state index contributed by atoms with van der Waals surface area (Å²) in [4.78, 5) is 17.7. The standard InChI is InChI=1S/C17H22N2O2/c20-9-7-13-4-3-8-19(12-13)17(21)10-14-11-18-16-6-2-1-5-15(14)16/h1-2,5-6,11,13,18,20H,3-4,7-10,12H2. The molecule has 4 heteroatoms. The van der Waals surface area contributed by atoms with E-state index in [9.17, 15) is 4.79 Å². The number of amides is 1. The summed E-state index contributed by atoms with van der Waals surface area (Å²) in [7, 11) is 0. The Bertz CT molecular complexity index is 618. The van der Waals surface area contributed by atoms with Crippen LogP contribution < -0.4 is 0 Å². The number of fused-ring (bicyclic) bond motifs is 1. The van der Waals surface area contributed by atoms with E-state index in [-0.39, 0.29) is 12.5 Å². The summed E-state index contributed by atoms with van der Waals surface area (Å²) in [5.41, 5.74) is 2.15. The van der Waals surface area contributed by atoms with E-state index >= 15 is 0 Å². The van der Waals surface area contributed by atoms with Crippen LogP contribution in [0.15, 0.2) is 30.5 Å². The summed E-state index contributed by atoms with van der Waals surface area (Å²) in [6.45, 7) is 1.86. The van der Waals surface area contributed by atoms with Gasteiger partial charge in [-0.25, -0.2) is 0 Å². The minimum Gasteiger partial charge on any atom is -0.396 e. The number of carbonyl (C=O) groups is 1. The first-order valence-electron chi connectivity index (χ1n) is 7.71. The Balaban J connectivity index is 1.68. The zero-order valence-corrected chi connectivity index (χ0v) is 12.2. The molecule has 2 aromatic rings. The second kappa shape index (κ2) is 6.31. The maximum absolute atomic E-state index is 12.5. The number of benzene rings is 1. The highest BCUT2D eigenvalue weighted by Crippen LogP contribution is 2.22. The predicted octanol–water partition coefficient (Wildman–Crippen LogP) is 2.33. The van der Waals surface area contributed by atoms with Gasteiger partial charge in [-0.15, -0.1) is 0 Å². The topological polar surface area (TPSA) is 56.3 Å². The van der Waals surface area contributed by atoms with Gasteiger partial charge in [-0.1, -0.05) is 18.2 Å². The summed E-state index contributed by atoms with van der Waals surface area (Å²) < 4.78 is 0. The quantitative estimate of drug-likeness (QED) is 0.906. The van der Waals surface area contributed by atoms with Gasteiger partial charge in [0.15, 0.2) is 0 Å². The van der Waals surface area contributed by atoms with Crippen molar-refractivity contribution >= 4 is 16.8 Å². The van der Waals surface area contributed by atoms with Crippen LogP contribution in [0.2, 0.25) is 0 Å². The Morgan fingerprint density at radius 1 is 1.38 bits per heavy atom. The van der Waals surface area contributed by atoms with Crippen LogP contribution in [0.5, 0.6) is 0 Å². The average molecular weight is 286 g/mol. The molecular weight excluding hydrogens is 264 g/mol. The van der Waals surface area contributed by atoms with E-state index in [4.69, 9.17) is 5.11 Å². The third kappa shape index (κ3) is 3.10. The minimum absolute atomic E-state index is 0.197. The lowest BCUT2D eigenvalue weighted by Crippen LogP contribution is -2.40. The summed E-state index contributed by atoms with van der Waals surface area (Å²) in [6.07, 6.45) is 5.37.